The summed E-state index contributed by atoms with van der Waals surface area (Å²) in [5.74, 6) is 0.791. The molecule has 1 heterocycles. The summed E-state index contributed by atoms with van der Waals surface area (Å²) in [4.78, 5) is 2.40. The minimum absolute atomic E-state index is 0.623. The maximum Gasteiger partial charge on any atom is 0.169 e. The molecule has 0 amide bonds. The lowest BCUT2D eigenvalue weighted by atomic mass is 9.95. The fourth-order valence-corrected chi connectivity index (χ4v) is 3.32. The molecule has 2 aliphatic rings. The third kappa shape index (κ3) is 2.88. The number of nitrogens with zero attached hydrogens (tertiary/aromatic N) is 1. The van der Waals surface area contributed by atoms with Gasteiger partial charge in [0.2, 0.25) is 0 Å². The molecule has 0 spiro atoms. The van der Waals surface area contributed by atoms with Crippen LogP contribution in [0.4, 0.5) is 0 Å². The van der Waals surface area contributed by atoms with E-state index in [4.69, 9.17) is 12.2 Å². The maximum atomic E-state index is 5.56. The molecule has 16 heavy (non-hydrogen) atoms. The van der Waals surface area contributed by atoms with E-state index in [1.807, 2.05) is 0 Å². The minimum Gasteiger partial charge on any atom is -0.360 e. The van der Waals surface area contributed by atoms with Crippen molar-refractivity contribution < 1.29 is 0 Å². The lowest BCUT2D eigenvalue weighted by molar-refractivity contribution is 0.203. The molecule has 2 fully saturated rings. The van der Waals surface area contributed by atoms with Gasteiger partial charge in [0.25, 0.3) is 0 Å². The standard InChI is InChI=1S/C13H24N2S/c1-10-7-8-11(2)15(9-10)13(16)14-12-5-3-4-6-12/h10-12H,3-9H2,1-2H3,(H,14,16). The second kappa shape index (κ2) is 5.35. The molecule has 1 aliphatic heterocycles. The Labute approximate surface area is 105 Å². The van der Waals surface area contributed by atoms with Crippen LogP contribution in [0.15, 0.2) is 0 Å². The molecular weight excluding hydrogens is 216 g/mol. The molecule has 0 aromatic heterocycles. The highest BCUT2D eigenvalue weighted by Gasteiger charge is 2.26. The van der Waals surface area contributed by atoms with E-state index < -0.39 is 0 Å². The number of hydrogen-bond donors (Lipinski definition) is 1. The Morgan fingerprint density at radius 1 is 1.12 bits per heavy atom. The maximum absolute atomic E-state index is 5.56. The molecule has 0 aromatic rings. The molecule has 0 aromatic carbocycles. The van der Waals surface area contributed by atoms with E-state index in [9.17, 15) is 0 Å². The van der Waals surface area contributed by atoms with Gasteiger partial charge >= 0.3 is 0 Å². The van der Waals surface area contributed by atoms with Crippen LogP contribution in [0.5, 0.6) is 0 Å². The van der Waals surface area contributed by atoms with Crippen molar-refractivity contribution in [2.75, 3.05) is 6.54 Å². The highest BCUT2D eigenvalue weighted by atomic mass is 32.1. The zero-order valence-corrected chi connectivity index (χ0v) is 11.4. The van der Waals surface area contributed by atoms with Gasteiger partial charge in [-0.1, -0.05) is 19.8 Å². The molecule has 2 nitrogen and oxygen atoms in total. The summed E-state index contributed by atoms with van der Waals surface area (Å²) in [5.41, 5.74) is 0. The second-order valence-electron chi connectivity index (χ2n) is 5.61. The Hall–Kier alpha value is -0.310. The second-order valence-corrected chi connectivity index (χ2v) is 6.00. The van der Waals surface area contributed by atoms with Gasteiger partial charge in [0.15, 0.2) is 5.11 Å². The van der Waals surface area contributed by atoms with Crippen molar-refractivity contribution in [1.29, 1.82) is 0 Å². The molecule has 2 atom stereocenters. The van der Waals surface area contributed by atoms with E-state index in [0.717, 1.165) is 17.6 Å². The normalized spacial score (nSPS) is 31.8. The molecule has 92 valence electrons. The highest BCUT2D eigenvalue weighted by Crippen LogP contribution is 2.23. The van der Waals surface area contributed by atoms with E-state index in [2.05, 4.69) is 24.1 Å². The van der Waals surface area contributed by atoms with Crippen molar-refractivity contribution in [2.24, 2.45) is 5.92 Å². The number of nitrogens with one attached hydrogen (secondary N) is 1. The van der Waals surface area contributed by atoms with Crippen molar-refractivity contribution in [3.8, 4) is 0 Å². The molecular formula is C13H24N2S. The van der Waals surface area contributed by atoms with Gasteiger partial charge in [0.1, 0.15) is 0 Å². The molecule has 1 aliphatic carbocycles. The summed E-state index contributed by atoms with van der Waals surface area (Å²) in [6.07, 6.45) is 7.98. The molecule has 3 heteroatoms. The van der Waals surface area contributed by atoms with Crippen molar-refractivity contribution in [2.45, 2.75) is 64.5 Å². The largest absolute Gasteiger partial charge is 0.360 e. The number of thiocarbonyl (C=S) groups is 1. The molecule has 1 saturated carbocycles. The average Bonchev–Trinajstić information content (AvgIpc) is 2.74. The first kappa shape index (κ1) is 12.2. The molecule has 0 radical (unpaired) electrons. The zero-order valence-electron chi connectivity index (χ0n) is 10.5. The van der Waals surface area contributed by atoms with Gasteiger partial charge in [-0.3, -0.25) is 0 Å². The first-order chi connectivity index (χ1) is 7.66. The van der Waals surface area contributed by atoms with Crippen LogP contribution in [0.2, 0.25) is 0 Å². The number of rotatable bonds is 1. The first-order valence-corrected chi connectivity index (χ1v) is 7.15. The summed E-state index contributed by atoms with van der Waals surface area (Å²) in [5, 5.41) is 4.56. The van der Waals surface area contributed by atoms with Crippen molar-refractivity contribution >= 4 is 17.3 Å². The first-order valence-electron chi connectivity index (χ1n) is 6.74. The molecule has 1 saturated heterocycles. The topological polar surface area (TPSA) is 15.3 Å². The average molecular weight is 240 g/mol. The molecule has 2 rings (SSSR count). The van der Waals surface area contributed by atoms with Crippen LogP contribution < -0.4 is 5.32 Å². The number of piperidine rings is 1. The van der Waals surface area contributed by atoms with Crippen molar-refractivity contribution in [3.05, 3.63) is 0 Å². The Balaban J connectivity index is 1.86. The van der Waals surface area contributed by atoms with Gasteiger partial charge in [-0.15, -0.1) is 0 Å². The van der Waals surface area contributed by atoms with Crippen LogP contribution in [-0.2, 0) is 0 Å². The smallest absolute Gasteiger partial charge is 0.169 e. The predicted molar refractivity (Wildman–Crippen MR) is 72.6 cm³/mol. The lowest BCUT2D eigenvalue weighted by Gasteiger charge is -2.39. The van der Waals surface area contributed by atoms with Crippen LogP contribution >= 0.6 is 12.2 Å². The summed E-state index contributed by atoms with van der Waals surface area (Å²) in [6, 6.07) is 1.27. The minimum atomic E-state index is 0.623. The molecule has 1 N–H and O–H groups in total. The van der Waals surface area contributed by atoms with Crippen LogP contribution in [0, 0.1) is 5.92 Å². The van der Waals surface area contributed by atoms with Crippen LogP contribution in [0.1, 0.15) is 52.4 Å². The summed E-state index contributed by atoms with van der Waals surface area (Å²) >= 11 is 5.56. The lowest BCUT2D eigenvalue weighted by Crippen LogP contribution is -2.51. The third-order valence-electron chi connectivity index (χ3n) is 4.06. The van der Waals surface area contributed by atoms with Crippen molar-refractivity contribution in [1.82, 2.24) is 10.2 Å². The third-order valence-corrected chi connectivity index (χ3v) is 4.41. The van der Waals surface area contributed by atoms with Gasteiger partial charge < -0.3 is 10.2 Å². The van der Waals surface area contributed by atoms with Crippen LogP contribution in [0.25, 0.3) is 0 Å². The number of hydrogen-bond acceptors (Lipinski definition) is 1. The quantitative estimate of drug-likeness (QED) is 0.710. The fraction of sp³-hybridized carbons (Fsp3) is 0.923. The summed E-state index contributed by atoms with van der Waals surface area (Å²) < 4.78 is 0. The summed E-state index contributed by atoms with van der Waals surface area (Å²) in [7, 11) is 0. The zero-order chi connectivity index (χ0) is 11.5. The monoisotopic (exact) mass is 240 g/mol. The van der Waals surface area contributed by atoms with E-state index in [1.54, 1.807) is 0 Å². The van der Waals surface area contributed by atoms with E-state index in [-0.39, 0.29) is 0 Å². The van der Waals surface area contributed by atoms with E-state index in [1.165, 1.54) is 38.5 Å². The summed E-state index contributed by atoms with van der Waals surface area (Å²) in [6.45, 7) is 5.77. The van der Waals surface area contributed by atoms with Crippen molar-refractivity contribution in [3.63, 3.8) is 0 Å². The van der Waals surface area contributed by atoms with Gasteiger partial charge in [-0.25, -0.2) is 0 Å². The van der Waals surface area contributed by atoms with E-state index >= 15 is 0 Å². The Morgan fingerprint density at radius 3 is 2.50 bits per heavy atom. The van der Waals surface area contributed by atoms with Gasteiger partial charge in [0, 0.05) is 18.6 Å². The molecule has 0 bridgehead atoms. The number of likely N-dealkylation sites (tertiary alicyclic amines) is 1. The van der Waals surface area contributed by atoms with E-state index in [0.29, 0.717) is 12.1 Å². The fourth-order valence-electron chi connectivity index (χ4n) is 2.90. The highest BCUT2D eigenvalue weighted by molar-refractivity contribution is 7.80. The SMILES string of the molecule is CC1CCC(C)N(C(=S)NC2CCCC2)C1. The Morgan fingerprint density at radius 2 is 1.81 bits per heavy atom. The Bertz CT molecular complexity index is 248. The van der Waals surface area contributed by atoms with Gasteiger partial charge in [-0.05, 0) is 50.7 Å². The van der Waals surface area contributed by atoms with Crippen LogP contribution in [-0.4, -0.2) is 28.6 Å². The predicted octanol–water partition coefficient (Wildman–Crippen LogP) is 2.92. The molecule has 2 unspecified atom stereocenters. The van der Waals surface area contributed by atoms with Gasteiger partial charge in [-0.2, -0.15) is 0 Å². The van der Waals surface area contributed by atoms with Gasteiger partial charge in [0.05, 0.1) is 0 Å². The van der Waals surface area contributed by atoms with Crippen LogP contribution in [0.3, 0.4) is 0 Å². The Kier molecular flexibility index (Phi) is 4.06.